The Hall–Kier alpha value is -1.92. The molecule has 1 aliphatic carbocycles. The standard InChI is InChI=1S/C17H22O6/c1-9-6-14(20)16-10(2)17(21)23-15(16)7-12(4-5-13(9)19)8-22-11(3)18/h7,13-16,19-20H,1-2,4-6,8H2,3H3/b12-7+/t13-,14+,15+,16-/m1/s1. The number of esters is 2. The first-order chi connectivity index (χ1) is 10.8. The van der Waals surface area contributed by atoms with Gasteiger partial charge >= 0.3 is 11.9 Å². The summed E-state index contributed by atoms with van der Waals surface area (Å²) in [5.74, 6) is -1.57. The highest BCUT2D eigenvalue weighted by molar-refractivity contribution is 5.91. The zero-order valence-corrected chi connectivity index (χ0v) is 13.2. The number of hydrogen-bond donors (Lipinski definition) is 2. The van der Waals surface area contributed by atoms with Crippen LogP contribution in [0.2, 0.25) is 0 Å². The van der Waals surface area contributed by atoms with Crippen molar-refractivity contribution < 1.29 is 29.3 Å². The molecule has 0 aromatic carbocycles. The van der Waals surface area contributed by atoms with Gasteiger partial charge in [-0.15, -0.1) is 0 Å². The maximum absolute atomic E-state index is 11.8. The molecule has 0 spiro atoms. The summed E-state index contributed by atoms with van der Waals surface area (Å²) in [5.41, 5.74) is 1.42. The molecule has 1 aliphatic heterocycles. The van der Waals surface area contributed by atoms with Crippen molar-refractivity contribution in [1.29, 1.82) is 0 Å². The molecule has 0 aromatic rings. The van der Waals surface area contributed by atoms with Crippen LogP contribution in [0.4, 0.5) is 0 Å². The maximum Gasteiger partial charge on any atom is 0.334 e. The van der Waals surface area contributed by atoms with Crippen molar-refractivity contribution >= 4 is 11.9 Å². The molecule has 23 heavy (non-hydrogen) atoms. The summed E-state index contributed by atoms with van der Waals surface area (Å²) in [6.07, 6.45) is 0.373. The predicted molar refractivity (Wildman–Crippen MR) is 82.2 cm³/mol. The lowest BCUT2D eigenvalue weighted by atomic mass is 9.84. The molecule has 2 rings (SSSR count). The Morgan fingerprint density at radius 3 is 2.78 bits per heavy atom. The number of hydrogen-bond acceptors (Lipinski definition) is 6. The van der Waals surface area contributed by atoms with Gasteiger partial charge in [0, 0.05) is 12.5 Å². The minimum absolute atomic E-state index is 0.0534. The first kappa shape index (κ1) is 17.4. The average Bonchev–Trinajstić information content (AvgIpc) is 2.75. The first-order valence-corrected chi connectivity index (χ1v) is 7.56. The number of ether oxygens (including phenoxy) is 2. The number of rotatable bonds is 2. The van der Waals surface area contributed by atoms with Crippen LogP contribution < -0.4 is 0 Å². The fourth-order valence-electron chi connectivity index (χ4n) is 2.88. The molecular formula is C17H22O6. The van der Waals surface area contributed by atoms with E-state index < -0.39 is 36.2 Å². The Kier molecular flexibility index (Phi) is 5.38. The van der Waals surface area contributed by atoms with E-state index in [4.69, 9.17) is 9.47 Å². The highest BCUT2D eigenvalue weighted by Gasteiger charge is 2.42. The largest absolute Gasteiger partial charge is 0.461 e. The third kappa shape index (κ3) is 4.09. The molecule has 1 saturated heterocycles. The third-order valence-corrected chi connectivity index (χ3v) is 4.22. The fraction of sp³-hybridized carbons (Fsp3) is 0.529. The van der Waals surface area contributed by atoms with Gasteiger partial charge in [0.15, 0.2) is 0 Å². The monoisotopic (exact) mass is 322 g/mol. The first-order valence-electron chi connectivity index (χ1n) is 7.56. The lowest BCUT2D eigenvalue weighted by Gasteiger charge is -2.26. The number of carbonyl (C=O) groups is 2. The second-order valence-electron chi connectivity index (χ2n) is 6.01. The molecule has 0 amide bonds. The second kappa shape index (κ2) is 7.10. The van der Waals surface area contributed by atoms with Crippen LogP contribution in [0.25, 0.3) is 0 Å². The number of fused-ring (bicyclic) bond motifs is 1. The average molecular weight is 322 g/mol. The van der Waals surface area contributed by atoms with Crippen molar-refractivity contribution in [3.8, 4) is 0 Å². The maximum atomic E-state index is 11.8. The fourth-order valence-corrected chi connectivity index (χ4v) is 2.88. The van der Waals surface area contributed by atoms with Crippen molar-refractivity contribution in [2.24, 2.45) is 5.92 Å². The molecule has 0 unspecified atom stereocenters. The zero-order chi connectivity index (χ0) is 17.1. The van der Waals surface area contributed by atoms with Gasteiger partial charge in [0.1, 0.15) is 12.7 Å². The summed E-state index contributed by atoms with van der Waals surface area (Å²) in [6, 6.07) is 0. The van der Waals surface area contributed by atoms with E-state index in [-0.39, 0.29) is 18.6 Å². The molecule has 6 nitrogen and oxygen atoms in total. The zero-order valence-electron chi connectivity index (χ0n) is 13.2. The summed E-state index contributed by atoms with van der Waals surface area (Å²) in [5, 5.41) is 20.5. The van der Waals surface area contributed by atoms with Gasteiger partial charge in [-0.05, 0) is 36.5 Å². The van der Waals surface area contributed by atoms with Crippen LogP contribution in [-0.2, 0) is 19.1 Å². The Morgan fingerprint density at radius 2 is 2.13 bits per heavy atom. The van der Waals surface area contributed by atoms with E-state index in [0.717, 1.165) is 5.57 Å². The number of carbonyl (C=O) groups excluding carboxylic acids is 2. The smallest absolute Gasteiger partial charge is 0.334 e. The van der Waals surface area contributed by atoms with Gasteiger partial charge < -0.3 is 19.7 Å². The van der Waals surface area contributed by atoms with Crippen LogP contribution in [0.5, 0.6) is 0 Å². The lowest BCUT2D eigenvalue weighted by molar-refractivity contribution is -0.140. The Morgan fingerprint density at radius 1 is 1.43 bits per heavy atom. The van der Waals surface area contributed by atoms with Crippen LogP contribution in [-0.4, -0.2) is 47.1 Å². The van der Waals surface area contributed by atoms with Crippen LogP contribution >= 0.6 is 0 Å². The Balaban J connectivity index is 2.31. The molecule has 4 atom stereocenters. The second-order valence-corrected chi connectivity index (χ2v) is 6.01. The van der Waals surface area contributed by atoms with E-state index in [9.17, 15) is 19.8 Å². The molecule has 0 aromatic heterocycles. The van der Waals surface area contributed by atoms with Crippen LogP contribution in [0.3, 0.4) is 0 Å². The van der Waals surface area contributed by atoms with Gasteiger partial charge in [-0.2, -0.15) is 0 Å². The van der Waals surface area contributed by atoms with Crippen molar-refractivity contribution in [3.63, 3.8) is 0 Å². The summed E-state index contributed by atoms with van der Waals surface area (Å²) in [7, 11) is 0. The van der Waals surface area contributed by atoms with E-state index in [2.05, 4.69) is 13.2 Å². The molecule has 2 N–H and O–H groups in total. The van der Waals surface area contributed by atoms with Gasteiger partial charge in [-0.1, -0.05) is 13.2 Å². The lowest BCUT2D eigenvalue weighted by Crippen LogP contribution is -2.31. The molecule has 0 radical (unpaired) electrons. The van der Waals surface area contributed by atoms with E-state index in [1.807, 2.05) is 0 Å². The summed E-state index contributed by atoms with van der Waals surface area (Å²) >= 11 is 0. The minimum Gasteiger partial charge on any atom is -0.461 e. The topological polar surface area (TPSA) is 93.1 Å². The molecule has 0 bridgehead atoms. The molecule has 2 aliphatic rings. The SMILES string of the molecule is C=C1C(=O)O[C@H]2/C=C(/COC(C)=O)CC[C@@H](O)C(=C)C[C@H](O)[C@@H]12. The van der Waals surface area contributed by atoms with Crippen LogP contribution in [0.1, 0.15) is 26.2 Å². The molecule has 6 heteroatoms. The normalized spacial score (nSPS) is 34.2. The molecule has 1 fully saturated rings. The Bertz CT molecular complexity index is 561. The highest BCUT2D eigenvalue weighted by atomic mass is 16.6. The highest BCUT2D eigenvalue weighted by Crippen LogP contribution is 2.35. The van der Waals surface area contributed by atoms with Crippen LogP contribution in [0.15, 0.2) is 36.0 Å². The Labute approximate surface area is 135 Å². The van der Waals surface area contributed by atoms with Crippen LogP contribution in [0, 0.1) is 5.92 Å². The van der Waals surface area contributed by atoms with Gasteiger partial charge in [0.05, 0.1) is 18.1 Å². The molecular weight excluding hydrogens is 300 g/mol. The van der Waals surface area contributed by atoms with Crippen molar-refractivity contribution in [1.82, 2.24) is 0 Å². The van der Waals surface area contributed by atoms with E-state index in [1.165, 1.54) is 6.92 Å². The summed E-state index contributed by atoms with van der Waals surface area (Å²) in [6.45, 7) is 8.87. The number of aliphatic hydroxyl groups excluding tert-OH is 2. The third-order valence-electron chi connectivity index (χ3n) is 4.22. The van der Waals surface area contributed by atoms with E-state index in [1.54, 1.807) is 6.08 Å². The molecule has 1 heterocycles. The van der Waals surface area contributed by atoms with E-state index in [0.29, 0.717) is 18.4 Å². The summed E-state index contributed by atoms with van der Waals surface area (Å²) in [4.78, 5) is 22.8. The van der Waals surface area contributed by atoms with Gasteiger partial charge in [0.2, 0.25) is 0 Å². The minimum atomic E-state index is -0.926. The molecule has 0 saturated carbocycles. The van der Waals surface area contributed by atoms with Gasteiger partial charge in [-0.3, -0.25) is 4.79 Å². The predicted octanol–water partition coefficient (Wildman–Crippen LogP) is 1.04. The van der Waals surface area contributed by atoms with Crippen molar-refractivity contribution in [2.45, 2.75) is 44.5 Å². The van der Waals surface area contributed by atoms with Gasteiger partial charge in [-0.25, -0.2) is 4.79 Å². The van der Waals surface area contributed by atoms with Gasteiger partial charge in [0.25, 0.3) is 0 Å². The quantitative estimate of drug-likeness (QED) is 0.448. The van der Waals surface area contributed by atoms with Crippen molar-refractivity contribution in [3.05, 3.63) is 36.0 Å². The number of aliphatic hydroxyl groups is 2. The van der Waals surface area contributed by atoms with Crippen molar-refractivity contribution in [2.75, 3.05) is 6.61 Å². The summed E-state index contributed by atoms with van der Waals surface area (Å²) < 4.78 is 10.3. The van der Waals surface area contributed by atoms with E-state index >= 15 is 0 Å². The molecule has 126 valence electrons.